The van der Waals surface area contributed by atoms with Crippen molar-refractivity contribution >= 4 is 33.3 Å². The van der Waals surface area contributed by atoms with E-state index in [1.54, 1.807) is 12.1 Å². The van der Waals surface area contributed by atoms with E-state index >= 15 is 0 Å². The number of nitrogens with one attached hydrogen (secondary N) is 2. The maximum atomic E-state index is 12.3. The largest absolute Gasteiger partial charge is 0.398 e. The number of nitrogen functional groups attached to an aromatic ring is 1. The summed E-state index contributed by atoms with van der Waals surface area (Å²) in [5.41, 5.74) is 8.71. The van der Waals surface area contributed by atoms with Crippen molar-refractivity contribution in [2.24, 2.45) is 0 Å². The minimum atomic E-state index is -0.225. The molecule has 0 fully saturated rings. The Bertz CT molecular complexity index is 649. The number of hydrogen-bond acceptors (Lipinski definition) is 3. The number of aromatic nitrogens is 2. The third-order valence-corrected chi connectivity index (χ3v) is 3.58. The minimum absolute atomic E-state index is 0.225. The van der Waals surface area contributed by atoms with Crippen molar-refractivity contribution in [1.29, 1.82) is 0 Å². The van der Waals surface area contributed by atoms with E-state index in [1.165, 1.54) is 0 Å². The highest BCUT2D eigenvalue weighted by atomic mass is 79.9. The maximum Gasteiger partial charge on any atom is 0.257 e. The number of halogens is 1. The number of carbonyl (C=O) groups excluding carboxylic acids is 1. The zero-order valence-electron chi connectivity index (χ0n) is 11.6. The third kappa shape index (κ3) is 3.01. The number of amides is 1. The van der Waals surface area contributed by atoms with Crippen LogP contribution in [0.5, 0.6) is 0 Å². The summed E-state index contributed by atoms with van der Waals surface area (Å²) in [5, 5.41) is 9.75. The molecule has 0 aliphatic heterocycles. The number of H-pyrrole nitrogens is 1. The fraction of sp³-hybridized carbons (Fsp3) is 0.286. The lowest BCUT2D eigenvalue weighted by Gasteiger charge is -2.09. The summed E-state index contributed by atoms with van der Waals surface area (Å²) in [4.78, 5) is 12.3. The lowest BCUT2D eigenvalue weighted by atomic mass is 10.1. The Morgan fingerprint density at radius 1 is 1.40 bits per heavy atom. The summed E-state index contributed by atoms with van der Waals surface area (Å²) in [5.74, 6) is 0.616. The third-order valence-electron chi connectivity index (χ3n) is 3.12. The molecule has 0 atom stereocenters. The van der Waals surface area contributed by atoms with Gasteiger partial charge < -0.3 is 11.1 Å². The lowest BCUT2D eigenvalue weighted by molar-refractivity contribution is 0.102. The second kappa shape index (κ2) is 5.66. The van der Waals surface area contributed by atoms with E-state index in [9.17, 15) is 4.79 Å². The molecule has 0 aliphatic carbocycles. The lowest BCUT2D eigenvalue weighted by Crippen LogP contribution is -2.14. The first kappa shape index (κ1) is 14.6. The highest BCUT2D eigenvalue weighted by Crippen LogP contribution is 2.24. The number of carbonyl (C=O) groups is 1. The summed E-state index contributed by atoms with van der Waals surface area (Å²) in [6, 6.07) is 5.35. The zero-order chi connectivity index (χ0) is 14.9. The molecule has 0 aliphatic rings. The van der Waals surface area contributed by atoms with Gasteiger partial charge in [-0.3, -0.25) is 9.89 Å². The van der Waals surface area contributed by atoms with Crippen molar-refractivity contribution < 1.29 is 4.79 Å². The van der Waals surface area contributed by atoms with E-state index in [0.29, 0.717) is 23.0 Å². The van der Waals surface area contributed by atoms with E-state index < -0.39 is 0 Å². The molecule has 0 spiro atoms. The summed E-state index contributed by atoms with van der Waals surface area (Å²) in [6.07, 6.45) is 0. The summed E-state index contributed by atoms with van der Waals surface area (Å²) < 4.78 is 0.774. The van der Waals surface area contributed by atoms with Crippen LogP contribution in [-0.2, 0) is 0 Å². The van der Waals surface area contributed by atoms with E-state index in [1.807, 2.05) is 13.0 Å². The van der Waals surface area contributed by atoms with Crippen LogP contribution in [0.4, 0.5) is 11.5 Å². The Morgan fingerprint density at radius 2 is 2.10 bits per heavy atom. The average Bonchev–Trinajstić information content (AvgIpc) is 2.82. The molecule has 1 aromatic carbocycles. The molecule has 1 amide bonds. The van der Waals surface area contributed by atoms with Crippen LogP contribution in [0.1, 0.15) is 41.4 Å². The van der Waals surface area contributed by atoms with Crippen LogP contribution in [0, 0.1) is 6.92 Å². The van der Waals surface area contributed by atoms with Gasteiger partial charge in [0.05, 0.1) is 0 Å². The quantitative estimate of drug-likeness (QED) is 0.750. The summed E-state index contributed by atoms with van der Waals surface area (Å²) >= 11 is 3.34. The molecule has 2 aromatic rings. The molecule has 0 saturated carbocycles. The van der Waals surface area contributed by atoms with Gasteiger partial charge in [-0.05, 0) is 30.5 Å². The monoisotopic (exact) mass is 336 g/mol. The number of aromatic amines is 1. The number of benzene rings is 1. The Morgan fingerprint density at radius 3 is 2.70 bits per heavy atom. The number of rotatable bonds is 3. The second-order valence-corrected chi connectivity index (χ2v) is 5.90. The average molecular weight is 337 g/mol. The SMILES string of the molecule is Cc1c(N)cc(Br)cc1C(=O)Nc1cc(C(C)C)[nH]n1. The fourth-order valence-corrected chi connectivity index (χ4v) is 2.29. The van der Waals surface area contributed by atoms with Crippen molar-refractivity contribution in [1.82, 2.24) is 10.2 Å². The van der Waals surface area contributed by atoms with Crippen molar-refractivity contribution in [2.75, 3.05) is 11.1 Å². The number of anilines is 2. The molecule has 20 heavy (non-hydrogen) atoms. The topological polar surface area (TPSA) is 83.8 Å². The van der Waals surface area contributed by atoms with Crippen molar-refractivity contribution in [3.8, 4) is 0 Å². The van der Waals surface area contributed by atoms with Gasteiger partial charge >= 0.3 is 0 Å². The Kier molecular flexibility index (Phi) is 4.13. The fourth-order valence-electron chi connectivity index (χ4n) is 1.82. The van der Waals surface area contributed by atoms with Gasteiger partial charge in [-0.2, -0.15) is 5.10 Å². The molecule has 2 rings (SSSR count). The maximum absolute atomic E-state index is 12.3. The number of hydrogen-bond donors (Lipinski definition) is 3. The summed E-state index contributed by atoms with van der Waals surface area (Å²) in [7, 11) is 0. The Labute approximate surface area is 126 Å². The Hall–Kier alpha value is -1.82. The van der Waals surface area contributed by atoms with E-state index in [0.717, 1.165) is 15.7 Å². The van der Waals surface area contributed by atoms with E-state index in [2.05, 4.69) is 45.3 Å². The van der Waals surface area contributed by atoms with Gasteiger partial charge in [0.25, 0.3) is 5.91 Å². The van der Waals surface area contributed by atoms with Gasteiger partial charge in [-0.25, -0.2) is 0 Å². The normalized spacial score (nSPS) is 10.8. The molecule has 106 valence electrons. The van der Waals surface area contributed by atoms with Crippen LogP contribution < -0.4 is 11.1 Å². The highest BCUT2D eigenvalue weighted by molar-refractivity contribution is 9.10. The first-order valence-electron chi connectivity index (χ1n) is 6.30. The number of nitrogens with two attached hydrogens (primary N) is 1. The molecule has 1 heterocycles. The van der Waals surface area contributed by atoms with Crippen molar-refractivity contribution in [3.05, 3.63) is 39.5 Å². The molecule has 4 N–H and O–H groups in total. The van der Waals surface area contributed by atoms with Crippen molar-refractivity contribution in [3.63, 3.8) is 0 Å². The standard InChI is InChI=1S/C14H17BrN4O/c1-7(2)12-6-13(19-18-12)17-14(20)10-4-9(15)5-11(16)8(10)3/h4-7H,16H2,1-3H3,(H2,17,18,19,20). The highest BCUT2D eigenvalue weighted by Gasteiger charge is 2.14. The molecular formula is C14H17BrN4O. The molecule has 6 heteroatoms. The molecule has 0 saturated heterocycles. The van der Waals surface area contributed by atoms with Gasteiger partial charge in [-0.15, -0.1) is 0 Å². The van der Waals surface area contributed by atoms with Gasteiger partial charge in [0.2, 0.25) is 0 Å². The summed E-state index contributed by atoms with van der Waals surface area (Å²) in [6.45, 7) is 5.93. The predicted octanol–water partition coefficient (Wildman–Crippen LogP) is 3.44. The smallest absolute Gasteiger partial charge is 0.257 e. The zero-order valence-corrected chi connectivity index (χ0v) is 13.2. The van der Waals surface area contributed by atoms with Gasteiger partial charge in [0.15, 0.2) is 5.82 Å². The van der Waals surface area contributed by atoms with Gasteiger partial charge in [0.1, 0.15) is 0 Å². The van der Waals surface area contributed by atoms with Gasteiger partial charge in [0, 0.05) is 27.5 Å². The van der Waals surface area contributed by atoms with Crippen LogP contribution in [0.25, 0.3) is 0 Å². The van der Waals surface area contributed by atoms with Crippen LogP contribution in [0.2, 0.25) is 0 Å². The first-order chi connectivity index (χ1) is 9.38. The molecule has 0 bridgehead atoms. The van der Waals surface area contributed by atoms with Crippen molar-refractivity contribution in [2.45, 2.75) is 26.7 Å². The molecule has 1 aromatic heterocycles. The predicted molar refractivity (Wildman–Crippen MR) is 83.9 cm³/mol. The molecular weight excluding hydrogens is 320 g/mol. The number of nitrogens with zero attached hydrogens (tertiary/aromatic N) is 1. The molecule has 0 unspecified atom stereocenters. The van der Waals surface area contributed by atoms with Gasteiger partial charge in [-0.1, -0.05) is 29.8 Å². The minimum Gasteiger partial charge on any atom is -0.398 e. The Balaban J connectivity index is 2.23. The van der Waals surface area contributed by atoms with Crippen LogP contribution in [0.3, 0.4) is 0 Å². The van der Waals surface area contributed by atoms with E-state index in [-0.39, 0.29) is 5.91 Å². The molecule has 5 nitrogen and oxygen atoms in total. The van der Waals surface area contributed by atoms with Crippen LogP contribution in [0.15, 0.2) is 22.7 Å². The second-order valence-electron chi connectivity index (χ2n) is 4.98. The van der Waals surface area contributed by atoms with Crippen LogP contribution >= 0.6 is 15.9 Å². The van der Waals surface area contributed by atoms with Crippen LogP contribution in [-0.4, -0.2) is 16.1 Å². The van der Waals surface area contributed by atoms with E-state index in [4.69, 9.17) is 5.73 Å². The first-order valence-corrected chi connectivity index (χ1v) is 7.10. The molecule has 0 radical (unpaired) electrons.